The molecular formula is C13H20N2O. The quantitative estimate of drug-likeness (QED) is 0.703. The van der Waals surface area contributed by atoms with Gasteiger partial charge in [-0.1, -0.05) is 19.1 Å². The van der Waals surface area contributed by atoms with Crippen molar-refractivity contribution in [3.05, 3.63) is 23.5 Å². The summed E-state index contributed by atoms with van der Waals surface area (Å²) in [4.78, 5) is 5.07. The van der Waals surface area contributed by atoms with Gasteiger partial charge in [0.1, 0.15) is 0 Å². The van der Waals surface area contributed by atoms with Gasteiger partial charge in [-0.2, -0.15) is 0 Å². The Hall–Kier alpha value is -0.800. The van der Waals surface area contributed by atoms with E-state index in [1.807, 2.05) is 7.11 Å². The number of likely N-dealkylation sites (N-methyl/N-ethyl adjacent to an activating group) is 1. The molecule has 0 aliphatic carbocycles. The molecule has 0 saturated carbocycles. The lowest BCUT2D eigenvalue weighted by Crippen LogP contribution is -2.48. The number of ether oxygens (including phenoxy) is 1. The zero-order valence-corrected chi connectivity index (χ0v) is 10.1. The number of rotatable bonds is 2. The molecule has 88 valence electrons. The lowest BCUT2D eigenvalue weighted by atomic mass is 10.1. The first-order valence-corrected chi connectivity index (χ1v) is 6.27. The van der Waals surface area contributed by atoms with Gasteiger partial charge in [-0.15, -0.1) is 0 Å². The van der Waals surface area contributed by atoms with Crippen LogP contribution < -0.4 is 0 Å². The average molecular weight is 220 g/mol. The fourth-order valence-electron chi connectivity index (χ4n) is 3.23. The first kappa shape index (κ1) is 10.4. The summed E-state index contributed by atoms with van der Waals surface area (Å²) in [6.45, 7) is 5.70. The predicted molar refractivity (Wildman–Crippen MR) is 63.9 cm³/mol. The highest BCUT2D eigenvalue weighted by Gasteiger charge is 2.42. The Morgan fingerprint density at radius 1 is 1.44 bits per heavy atom. The van der Waals surface area contributed by atoms with E-state index in [1.54, 1.807) is 0 Å². The highest BCUT2D eigenvalue weighted by atomic mass is 16.5. The minimum absolute atomic E-state index is 0.325. The molecule has 0 bridgehead atoms. The van der Waals surface area contributed by atoms with E-state index >= 15 is 0 Å². The Labute approximate surface area is 97.4 Å². The molecule has 3 aliphatic heterocycles. The first-order valence-electron chi connectivity index (χ1n) is 6.27. The molecule has 0 spiro atoms. The van der Waals surface area contributed by atoms with Crippen LogP contribution in [0, 0.1) is 0 Å². The summed E-state index contributed by atoms with van der Waals surface area (Å²) in [6, 6.07) is 0.636. The van der Waals surface area contributed by atoms with E-state index in [4.69, 9.17) is 4.74 Å². The fourth-order valence-corrected chi connectivity index (χ4v) is 3.23. The van der Waals surface area contributed by atoms with Crippen LogP contribution in [0.5, 0.6) is 0 Å². The van der Waals surface area contributed by atoms with E-state index in [0.717, 1.165) is 25.9 Å². The molecule has 2 fully saturated rings. The number of allylic oxidation sites excluding steroid dienone is 2. The van der Waals surface area contributed by atoms with E-state index in [0.29, 0.717) is 12.1 Å². The molecular weight excluding hydrogens is 200 g/mol. The lowest BCUT2D eigenvalue weighted by Gasteiger charge is -2.42. The van der Waals surface area contributed by atoms with E-state index in [1.165, 1.54) is 17.9 Å². The van der Waals surface area contributed by atoms with Crippen molar-refractivity contribution in [1.82, 2.24) is 9.80 Å². The van der Waals surface area contributed by atoms with Gasteiger partial charge in [0.15, 0.2) is 0 Å². The van der Waals surface area contributed by atoms with Gasteiger partial charge in [-0.05, 0) is 13.0 Å². The second-order valence-corrected chi connectivity index (χ2v) is 4.87. The maximum atomic E-state index is 5.60. The maximum absolute atomic E-state index is 5.60. The van der Waals surface area contributed by atoms with Crippen molar-refractivity contribution in [3.8, 4) is 0 Å². The van der Waals surface area contributed by atoms with Crippen molar-refractivity contribution in [1.29, 1.82) is 0 Å². The average Bonchev–Trinajstić information content (AvgIpc) is 2.69. The Morgan fingerprint density at radius 3 is 3.06 bits per heavy atom. The van der Waals surface area contributed by atoms with Gasteiger partial charge in [0.25, 0.3) is 0 Å². The largest absolute Gasteiger partial charge is 0.375 e. The molecule has 2 unspecified atom stereocenters. The second-order valence-electron chi connectivity index (χ2n) is 4.87. The molecule has 2 atom stereocenters. The molecule has 16 heavy (non-hydrogen) atoms. The van der Waals surface area contributed by atoms with Crippen LogP contribution >= 0.6 is 0 Å². The van der Waals surface area contributed by atoms with E-state index < -0.39 is 0 Å². The molecule has 3 heterocycles. The van der Waals surface area contributed by atoms with Crippen molar-refractivity contribution in [2.75, 3.05) is 26.7 Å². The summed E-state index contributed by atoms with van der Waals surface area (Å²) in [6.07, 6.45) is 7.25. The number of hydrogen-bond acceptors (Lipinski definition) is 3. The highest BCUT2D eigenvalue weighted by Crippen LogP contribution is 2.39. The SMILES string of the molecule is CCN1CC2=CCC=C3C(OC)CC(C1)N23. The first-order chi connectivity index (χ1) is 7.83. The predicted octanol–water partition coefficient (Wildman–Crippen LogP) is 1.58. The summed E-state index contributed by atoms with van der Waals surface area (Å²) in [5.74, 6) is 0. The molecule has 3 rings (SSSR count). The molecule has 3 aliphatic rings. The van der Waals surface area contributed by atoms with Gasteiger partial charge < -0.3 is 9.64 Å². The normalized spacial score (nSPS) is 33.5. The fraction of sp³-hybridized carbons (Fsp3) is 0.692. The number of piperazine rings is 1. The summed E-state index contributed by atoms with van der Waals surface area (Å²) < 4.78 is 5.60. The smallest absolute Gasteiger partial charge is 0.0987 e. The Kier molecular flexibility index (Phi) is 2.52. The van der Waals surface area contributed by atoms with Crippen molar-refractivity contribution >= 4 is 0 Å². The van der Waals surface area contributed by atoms with Crippen molar-refractivity contribution in [3.63, 3.8) is 0 Å². The monoisotopic (exact) mass is 220 g/mol. The van der Waals surface area contributed by atoms with Crippen molar-refractivity contribution in [2.24, 2.45) is 0 Å². The third kappa shape index (κ3) is 1.42. The molecule has 0 amide bonds. The minimum atomic E-state index is 0.325. The maximum Gasteiger partial charge on any atom is 0.0987 e. The molecule has 0 aromatic rings. The van der Waals surface area contributed by atoms with Gasteiger partial charge >= 0.3 is 0 Å². The Balaban J connectivity index is 1.90. The van der Waals surface area contributed by atoms with Crippen LogP contribution in [0.15, 0.2) is 23.5 Å². The van der Waals surface area contributed by atoms with E-state index in [-0.39, 0.29) is 0 Å². The van der Waals surface area contributed by atoms with Gasteiger partial charge in [0, 0.05) is 44.1 Å². The number of nitrogens with zero attached hydrogens (tertiary/aromatic N) is 2. The van der Waals surface area contributed by atoms with Gasteiger partial charge in [-0.3, -0.25) is 4.90 Å². The zero-order valence-electron chi connectivity index (χ0n) is 10.1. The van der Waals surface area contributed by atoms with Crippen molar-refractivity contribution in [2.45, 2.75) is 31.9 Å². The molecule has 3 nitrogen and oxygen atoms in total. The molecule has 2 saturated heterocycles. The molecule has 0 aromatic heterocycles. The van der Waals surface area contributed by atoms with Crippen LogP contribution in [0.25, 0.3) is 0 Å². The van der Waals surface area contributed by atoms with Crippen LogP contribution in [-0.4, -0.2) is 48.7 Å². The summed E-state index contributed by atoms with van der Waals surface area (Å²) in [5, 5.41) is 0. The molecule has 0 N–H and O–H groups in total. The van der Waals surface area contributed by atoms with Gasteiger partial charge in [-0.25, -0.2) is 0 Å². The lowest BCUT2D eigenvalue weighted by molar-refractivity contribution is 0.132. The summed E-state index contributed by atoms with van der Waals surface area (Å²) in [5.41, 5.74) is 2.91. The molecule has 0 aromatic carbocycles. The van der Waals surface area contributed by atoms with Gasteiger partial charge in [0.2, 0.25) is 0 Å². The van der Waals surface area contributed by atoms with Crippen LogP contribution in [0.2, 0.25) is 0 Å². The Bertz CT molecular complexity index is 348. The van der Waals surface area contributed by atoms with Crippen LogP contribution in [-0.2, 0) is 4.74 Å². The third-order valence-corrected chi connectivity index (χ3v) is 4.04. The van der Waals surface area contributed by atoms with Crippen LogP contribution in [0.3, 0.4) is 0 Å². The van der Waals surface area contributed by atoms with Crippen molar-refractivity contribution < 1.29 is 4.74 Å². The topological polar surface area (TPSA) is 15.7 Å². The summed E-state index contributed by atoms with van der Waals surface area (Å²) >= 11 is 0. The second kappa shape index (κ2) is 3.90. The molecule has 3 heteroatoms. The standard InChI is InChI=1S/C13H20N2O/c1-3-14-8-10-5-4-6-12-13(16-2)7-11(9-14)15(10)12/h5-6,11,13H,3-4,7-9H2,1-2H3. The number of methoxy groups -OCH3 is 1. The minimum Gasteiger partial charge on any atom is -0.375 e. The van der Waals surface area contributed by atoms with Crippen LogP contribution in [0.4, 0.5) is 0 Å². The zero-order chi connectivity index (χ0) is 11.1. The summed E-state index contributed by atoms with van der Waals surface area (Å²) in [7, 11) is 1.83. The van der Waals surface area contributed by atoms with Crippen LogP contribution in [0.1, 0.15) is 19.8 Å². The molecule has 0 radical (unpaired) electrons. The van der Waals surface area contributed by atoms with Gasteiger partial charge in [0.05, 0.1) is 6.10 Å². The van der Waals surface area contributed by atoms with E-state index in [2.05, 4.69) is 28.9 Å². The number of hydrogen-bond donors (Lipinski definition) is 0. The van der Waals surface area contributed by atoms with E-state index in [9.17, 15) is 0 Å². The Morgan fingerprint density at radius 2 is 2.31 bits per heavy atom. The highest BCUT2D eigenvalue weighted by molar-refractivity contribution is 5.31. The third-order valence-electron chi connectivity index (χ3n) is 4.04.